The Labute approximate surface area is 244 Å². The Morgan fingerprint density at radius 3 is 2.76 bits per heavy atom. The lowest BCUT2D eigenvalue weighted by Gasteiger charge is -2.43. The van der Waals surface area contributed by atoms with Gasteiger partial charge in [0.15, 0.2) is 0 Å². The Balaban J connectivity index is 1.36. The number of ether oxygens (including phenoxy) is 1. The van der Waals surface area contributed by atoms with Crippen LogP contribution in [0.3, 0.4) is 0 Å². The summed E-state index contributed by atoms with van der Waals surface area (Å²) in [5, 5.41) is 13.0. The molecule has 2 saturated heterocycles. The average molecular weight is 580 g/mol. The van der Waals surface area contributed by atoms with Gasteiger partial charge in [-0.2, -0.15) is 5.26 Å². The van der Waals surface area contributed by atoms with E-state index >= 15 is 0 Å². The highest BCUT2D eigenvalue weighted by molar-refractivity contribution is 5.97. The fourth-order valence-electron chi connectivity index (χ4n) is 6.22. The summed E-state index contributed by atoms with van der Waals surface area (Å²) in [6, 6.07) is 7.92. The second-order valence-corrected chi connectivity index (χ2v) is 12.3. The number of morpholine rings is 1. The highest BCUT2D eigenvalue weighted by Crippen LogP contribution is 2.39. The molecular weight excluding hydrogens is 541 g/mol. The molecule has 1 aromatic carbocycles. The summed E-state index contributed by atoms with van der Waals surface area (Å²) in [5.41, 5.74) is 7.17. The van der Waals surface area contributed by atoms with Crippen molar-refractivity contribution in [3.63, 3.8) is 0 Å². The minimum Gasteiger partial charge on any atom is -0.367 e. The quantitative estimate of drug-likeness (QED) is 0.428. The summed E-state index contributed by atoms with van der Waals surface area (Å²) in [5.74, 6) is -1.06. The van der Waals surface area contributed by atoms with Crippen LogP contribution in [0, 0.1) is 17.1 Å². The zero-order valence-corrected chi connectivity index (χ0v) is 24.3. The number of nitrogens with two attached hydrogens (primary N) is 1. The van der Waals surface area contributed by atoms with Crippen LogP contribution in [0.2, 0.25) is 0 Å². The van der Waals surface area contributed by atoms with Crippen molar-refractivity contribution in [3.05, 3.63) is 62.8 Å². The number of pyridine rings is 1. The number of aromatic nitrogens is 1. The van der Waals surface area contributed by atoms with E-state index in [2.05, 4.69) is 27.0 Å². The number of nitrogens with zero attached hydrogens (tertiary/aromatic N) is 4. The molecule has 2 fully saturated rings. The number of rotatable bonds is 7. The smallest absolute Gasteiger partial charge is 0.251 e. The van der Waals surface area contributed by atoms with Crippen molar-refractivity contribution in [3.8, 4) is 6.07 Å². The van der Waals surface area contributed by atoms with E-state index in [4.69, 9.17) is 10.5 Å². The third-order valence-electron chi connectivity index (χ3n) is 8.49. The molecule has 0 radical (unpaired) electrons. The summed E-state index contributed by atoms with van der Waals surface area (Å²) in [6.07, 6.45) is -0.500. The van der Waals surface area contributed by atoms with Crippen LogP contribution in [-0.2, 0) is 26.2 Å². The molecule has 0 spiro atoms. The first-order chi connectivity index (χ1) is 19.9. The van der Waals surface area contributed by atoms with Crippen molar-refractivity contribution >= 4 is 17.5 Å². The summed E-state index contributed by atoms with van der Waals surface area (Å²) >= 11 is 0. The number of hydrogen-bond donors (Lipinski definition) is 3. The molecular formula is C30H38FN7O4. The molecule has 0 saturated carbocycles. The Bertz CT molecular complexity index is 1470. The molecule has 1 aromatic heterocycles. The van der Waals surface area contributed by atoms with Crippen LogP contribution < -0.4 is 21.5 Å². The number of amides is 2. The largest absolute Gasteiger partial charge is 0.367 e. The lowest BCUT2D eigenvalue weighted by atomic mass is 9.90. The summed E-state index contributed by atoms with van der Waals surface area (Å²) in [4.78, 5) is 47.8. The van der Waals surface area contributed by atoms with Gasteiger partial charge in [-0.15, -0.1) is 0 Å². The SMILES string of the molecule is C[C@@H]1CN(CC(=O)N2CC(C)(C)c3[nH]c(=O)c(Cc4ccc(F)cc4C#N)cc32)[C@@H](CN2CCOC(C(N)=O)C2)CN1. The van der Waals surface area contributed by atoms with Crippen molar-refractivity contribution in [2.45, 2.75) is 50.8 Å². The normalized spacial score (nSPS) is 24.3. The Morgan fingerprint density at radius 1 is 1.24 bits per heavy atom. The number of hydrogen-bond acceptors (Lipinski definition) is 8. The molecule has 3 atom stereocenters. The molecule has 42 heavy (non-hydrogen) atoms. The number of aromatic amines is 1. The predicted octanol–water partition coefficient (Wildman–Crippen LogP) is 0.449. The number of carbonyl (C=O) groups excluding carboxylic acids is 2. The van der Waals surface area contributed by atoms with Gasteiger partial charge in [-0.05, 0) is 30.7 Å². The van der Waals surface area contributed by atoms with Crippen LogP contribution in [-0.4, -0.2) is 97.2 Å². The fraction of sp³-hybridized carbons (Fsp3) is 0.533. The molecule has 4 N–H and O–H groups in total. The molecule has 3 aliphatic rings. The number of benzene rings is 1. The van der Waals surface area contributed by atoms with E-state index in [1.165, 1.54) is 12.1 Å². The molecule has 0 bridgehead atoms. The molecule has 12 heteroatoms. The molecule has 3 aliphatic heterocycles. The number of anilines is 1. The van der Waals surface area contributed by atoms with Gasteiger partial charge in [-0.3, -0.25) is 24.2 Å². The maximum absolute atomic E-state index is 13.9. The summed E-state index contributed by atoms with van der Waals surface area (Å²) in [7, 11) is 0. The van der Waals surface area contributed by atoms with Crippen molar-refractivity contribution in [1.29, 1.82) is 5.26 Å². The second-order valence-electron chi connectivity index (χ2n) is 12.3. The lowest BCUT2D eigenvalue weighted by Crippen LogP contribution is -2.62. The van der Waals surface area contributed by atoms with Crippen LogP contribution >= 0.6 is 0 Å². The molecule has 0 aliphatic carbocycles. The third-order valence-corrected chi connectivity index (χ3v) is 8.49. The number of H-pyrrole nitrogens is 1. The number of fused-ring (bicyclic) bond motifs is 1. The summed E-state index contributed by atoms with van der Waals surface area (Å²) < 4.78 is 19.2. The number of nitrogens with one attached hydrogen (secondary N) is 2. The van der Waals surface area contributed by atoms with E-state index in [0.29, 0.717) is 68.4 Å². The van der Waals surface area contributed by atoms with Gasteiger partial charge in [0.05, 0.1) is 30.5 Å². The molecule has 5 rings (SSSR count). The standard InChI is InChI=1S/C30H38FN7O4/c1-18-13-37(23(12-34-18)14-36-6-7-42-25(15-36)28(33)40)16-26(39)38-17-30(2,3)27-24(38)10-20(29(41)35-27)8-19-4-5-22(31)9-21(19)11-32/h4-5,9-10,18,23,25,34H,6-8,12-17H2,1-3H3,(H2,33,40)(H,35,41)/t18-,23-,25?/m1/s1. The zero-order valence-electron chi connectivity index (χ0n) is 24.3. The number of nitriles is 1. The number of halogens is 1. The van der Waals surface area contributed by atoms with Gasteiger partial charge in [-0.25, -0.2) is 4.39 Å². The Hall–Kier alpha value is -3.63. The van der Waals surface area contributed by atoms with Crippen molar-refractivity contribution in [2.75, 3.05) is 57.3 Å². The molecule has 11 nitrogen and oxygen atoms in total. The van der Waals surface area contributed by atoms with Crippen LogP contribution in [0.1, 0.15) is 43.2 Å². The predicted molar refractivity (Wildman–Crippen MR) is 155 cm³/mol. The van der Waals surface area contributed by atoms with E-state index in [9.17, 15) is 24.0 Å². The van der Waals surface area contributed by atoms with Crippen molar-refractivity contribution in [1.82, 2.24) is 20.1 Å². The highest BCUT2D eigenvalue weighted by Gasteiger charge is 2.41. The molecule has 1 unspecified atom stereocenters. The van der Waals surface area contributed by atoms with Crippen molar-refractivity contribution in [2.24, 2.45) is 5.73 Å². The Morgan fingerprint density at radius 2 is 2.02 bits per heavy atom. The van der Waals surface area contributed by atoms with Gasteiger partial charge in [0.2, 0.25) is 11.8 Å². The summed E-state index contributed by atoms with van der Waals surface area (Å²) in [6.45, 7) is 10.3. The first-order valence-corrected chi connectivity index (χ1v) is 14.3. The van der Waals surface area contributed by atoms with Crippen LogP contribution in [0.4, 0.5) is 10.1 Å². The first-order valence-electron chi connectivity index (χ1n) is 14.3. The lowest BCUT2D eigenvalue weighted by molar-refractivity contribution is -0.135. The number of piperazine rings is 1. The average Bonchev–Trinajstić information content (AvgIpc) is 3.21. The van der Waals surface area contributed by atoms with E-state index in [1.807, 2.05) is 19.9 Å². The molecule has 2 aromatic rings. The van der Waals surface area contributed by atoms with Gasteiger partial charge >= 0.3 is 0 Å². The van der Waals surface area contributed by atoms with E-state index in [0.717, 1.165) is 6.07 Å². The van der Waals surface area contributed by atoms with Gasteiger partial charge in [0.25, 0.3) is 5.56 Å². The fourth-order valence-corrected chi connectivity index (χ4v) is 6.22. The highest BCUT2D eigenvalue weighted by atomic mass is 19.1. The van der Waals surface area contributed by atoms with Crippen LogP contribution in [0.15, 0.2) is 29.1 Å². The topological polar surface area (TPSA) is 148 Å². The van der Waals surface area contributed by atoms with Gasteiger partial charge < -0.3 is 25.7 Å². The number of primary amides is 1. The molecule has 4 heterocycles. The minimum absolute atomic E-state index is 0.0425. The second kappa shape index (κ2) is 11.9. The first kappa shape index (κ1) is 29.8. The maximum Gasteiger partial charge on any atom is 0.251 e. The van der Waals surface area contributed by atoms with Gasteiger partial charge in [0, 0.05) is 74.4 Å². The van der Waals surface area contributed by atoms with Gasteiger partial charge in [0.1, 0.15) is 11.9 Å². The molecule has 2 amide bonds. The maximum atomic E-state index is 13.9. The zero-order chi connectivity index (χ0) is 30.2. The van der Waals surface area contributed by atoms with Crippen molar-refractivity contribution < 1.29 is 18.7 Å². The van der Waals surface area contributed by atoms with E-state index in [-0.39, 0.29) is 42.1 Å². The van der Waals surface area contributed by atoms with E-state index < -0.39 is 23.2 Å². The molecule has 224 valence electrons. The van der Waals surface area contributed by atoms with Gasteiger partial charge in [-0.1, -0.05) is 19.9 Å². The van der Waals surface area contributed by atoms with E-state index in [1.54, 1.807) is 11.0 Å². The Kier molecular flexibility index (Phi) is 8.48. The monoisotopic (exact) mass is 579 g/mol. The third kappa shape index (κ3) is 6.24. The minimum atomic E-state index is -0.636. The van der Waals surface area contributed by atoms with Crippen LogP contribution in [0.25, 0.3) is 0 Å². The van der Waals surface area contributed by atoms with Crippen LogP contribution in [0.5, 0.6) is 0 Å². The number of carbonyl (C=O) groups is 2.